The second-order valence-corrected chi connectivity index (χ2v) is 9.12. The van der Waals surface area contributed by atoms with Crippen LogP contribution in [-0.4, -0.2) is 53.4 Å². The Bertz CT molecular complexity index is 954. The van der Waals surface area contributed by atoms with Crippen LogP contribution < -0.4 is 4.74 Å². The molecule has 7 heteroatoms. The Labute approximate surface area is 186 Å². The topological polar surface area (TPSA) is 49.9 Å². The SMILES string of the molecule is CC(C)(Oc1ccc(Cl)cc1)C(=O)N1CCN(C(=O)[C@@H]2C[C@H]2c2ccc(F)cc2)CC1. The van der Waals surface area contributed by atoms with Crippen molar-refractivity contribution in [2.75, 3.05) is 26.2 Å². The molecule has 0 bridgehead atoms. The molecule has 1 aliphatic carbocycles. The number of piperazine rings is 1. The van der Waals surface area contributed by atoms with Crippen LogP contribution in [0.25, 0.3) is 0 Å². The predicted molar refractivity (Wildman–Crippen MR) is 117 cm³/mol. The van der Waals surface area contributed by atoms with Gasteiger partial charge in [0.05, 0.1) is 0 Å². The predicted octanol–water partition coefficient (Wildman–Crippen LogP) is 4.11. The highest BCUT2D eigenvalue weighted by molar-refractivity contribution is 6.30. The molecule has 1 aliphatic heterocycles. The molecule has 1 saturated carbocycles. The number of hydrogen-bond donors (Lipinski definition) is 0. The summed E-state index contributed by atoms with van der Waals surface area (Å²) < 4.78 is 19.0. The number of rotatable bonds is 5. The van der Waals surface area contributed by atoms with Gasteiger partial charge >= 0.3 is 0 Å². The van der Waals surface area contributed by atoms with Crippen molar-refractivity contribution in [1.82, 2.24) is 9.80 Å². The van der Waals surface area contributed by atoms with E-state index in [0.29, 0.717) is 37.0 Å². The molecule has 31 heavy (non-hydrogen) atoms. The molecule has 0 radical (unpaired) electrons. The highest BCUT2D eigenvalue weighted by Crippen LogP contribution is 2.48. The summed E-state index contributed by atoms with van der Waals surface area (Å²) in [5.41, 5.74) is -0.0147. The Morgan fingerprint density at radius 1 is 0.968 bits per heavy atom. The largest absolute Gasteiger partial charge is 0.478 e. The Kier molecular flexibility index (Phi) is 5.93. The van der Waals surface area contributed by atoms with E-state index in [-0.39, 0.29) is 29.5 Å². The number of halogens is 2. The molecule has 4 rings (SSSR count). The van der Waals surface area contributed by atoms with Gasteiger partial charge in [-0.2, -0.15) is 0 Å². The molecular formula is C24H26ClFN2O3. The molecule has 2 atom stereocenters. The Balaban J connectivity index is 1.30. The van der Waals surface area contributed by atoms with Gasteiger partial charge in [0.15, 0.2) is 5.60 Å². The average Bonchev–Trinajstić information content (AvgIpc) is 3.56. The van der Waals surface area contributed by atoms with E-state index >= 15 is 0 Å². The minimum Gasteiger partial charge on any atom is -0.478 e. The number of benzene rings is 2. The zero-order valence-corrected chi connectivity index (χ0v) is 18.4. The number of amides is 2. The third kappa shape index (κ3) is 4.85. The van der Waals surface area contributed by atoms with Gasteiger partial charge in [-0.05, 0) is 68.1 Å². The third-order valence-corrected chi connectivity index (χ3v) is 6.24. The van der Waals surface area contributed by atoms with Gasteiger partial charge in [-0.25, -0.2) is 4.39 Å². The van der Waals surface area contributed by atoms with Crippen molar-refractivity contribution < 1.29 is 18.7 Å². The van der Waals surface area contributed by atoms with Crippen molar-refractivity contribution in [3.8, 4) is 5.75 Å². The third-order valence-electron chi connectivity index (χ3n) is 5.99. The molecule has 164 valence electrons. The molecule has 0 unspecified atom stereocenters. The van der Waals surface area contributed by atoms with Crippen molar-refractivity contribution >= 4 is 23.4 Å². The maximum atomic E-state index is 13.1. The van der Waals surface area contributed by atoms with E-state index in [2.05, 4.69) is 0 Å². The van der Waals surface area contributed by atoms with E-state index in [1.807, 2.05) is 4.90 Å². The summed E-state index contributed by atoms with van der Waals surface area (Å²) in [6, 6.07) is 13.3. The average molecular weight is 445 g/mol. The van der Waals surface area contributed by atoms with E-state index in [0.717, 1.165) is 12.0 Å². The Hall–Kier alpha value is -2.60. The second-order valence-electron chi connectivity index (χ2n) is 8.68. The molecule has 5 nitrogen and oxygen atoms in total. The summed E-state index contributed by atoms with van der Waals surface area (Å²) in [4.78, 5) is 29.5. The fourth-order valence-corrected chi connectivity index (χ4v) is 4.26. The molecule has 2 aromatic carbocycles. The van der Waals surface area contributed by atoms with Crippen molar-refractivity contribution in [2.45, 2.75) is 31.8 Å². The van der Waals surface area contributed by atoms with Crippen LogP contribution in [0.1, 0.15) is 31.7 Å². The summed E-state index contributed by atoms with van der Waals surface area (Å²) in [5.74, 6) is 0.452. The molecule has 2 fully saturated rings. The summed E-state index contributed by atoms with van der Waals surface area (Å²) in [6.07, 6.45) is 0.797. The standard InChI is InChI=1S/C24H26ClFN2O3/c1-24(2,31-19-9-5-17(25)6-10-19)23(30)28-13-11-27(12-14-28)22(29)21-15-20(21)16-3-7-18(26)8-4-16/h3-10,20-21H,11-15H2,1-2H3/t20-,21+/m0/s1. The molecule has 2 aromatic rings. The highest BCUT2D eigenvalue weighted by atomic mass is 35.5. The van der Waals surface area contributed by atoms with Crippen molar-refractivity contribution in [3.05, 3.63) is 64.9 Å². The molecule has 1 heterocycles. The molecule has 0 spiro atoms. The molecule has 0 N–H and O–H groups in total. The van der Waals surface area contributed by atoms with Gasteiger partial charge in [0.25, 0.3) is 5.91 Å². The van der Waals surface area contributed by atoms with Gasteiger partial charge in [-0.15, -0.1) is 0 Å². The van der Waals surface area contributed by atoms with Crippen LogP contribution in [0.2, 0.25) is 5.02 Å². The van der Waals surface area contributed by atoms with E-state index in [1.54, 1.807) is 55.1 Å². The normalized spacial score (nSPS) is 21.0. The lowest BCUT2D eigenvalue weighted by Gasteiger charge is -2.38. The number of ether oxygens (including phenoxy) is 1. The van der Waals surface area contributed by atoms with E-state index in [9.17, 15) is 14.0 Å². The second kappa shape index (κ2) is 8.50. The molecule has 1 saturated heterocycles. The van der Waals surface area contributed by atoms with Gasteiger partial charge in [0.1, 0.15) is 11.6 Å². The Morgan fingerprint density at radius 2 is 1.55 bits per heavy atom. The summed E-state index contributed by atoms with van der Waals surface area (Å²) in [7, 11) is 0. The van der Waals surface area contributed by atoms with Gasteiger partial charge in [0, 0.05) is 37.1 Å². The van der Waals surface area contributed by atoms with Crippen molar-refractivity contribution in [2.24, 2.45) is 5.92 Å². The lowest BCUT2D eigenvalue weighted by molar-refractivity contribution is -0.150. The zero-order chi connectivity index (χ0) is 22.2. The van der Waals surface area contributed by atoms with E-state index < -0.39 is 5.60 Å². The first-order valence-corrected chi connectivity index (χ1v) is 10.9. The maximum Gasteiger partial charge on any atom is 0.266 e. The van der Waals surface area contributed by atoms with Crippen LogP contribution in [-0.2, 0) is 9.59 Å². The first-order chi connectivity index (χ1) is 14.7. The van der Waals surface area contributed by atoms with Gasteiger partial charge in [-0.1, -0.05) is 23.7 Å². The molecule has 2 aliphatic rings. The minimum absolute atomic E-state index is 0.0441. The van der Waals surface area contributed by atoms with E-state index in [4.69, 9.17) is 16.3 Å². The van der Waals surface area contributed by atoms with Gasteiger partial charge in [-0.3, -0.25) is 9.59 Å². The fraction of sp³-hybridized carbons (Fsp3) is 0.417. The van der Waals surface area contributed by atoms with Crippen molar-refractivity contribution in [3.63, 3.8) is 0 Å². The van der Waals surface area contributed by atoms with Crippen LogP contribution in [0.4, 0.5) is 4.39 Å². The Morgan fingerprint density at radius 3 is 2.16 bits per heavy atom. The lowest BCUT2D eigenvalue weighted by atomic mass is 10.1. The van der Waals surface area contributed by atoms with Crippen LogP contribution in [0.3, 0.4) is 0 Å². The zero-order valence-electron chi connectivity index (χ0n) is 17.7. The lowest BCUT2D eigenvalue weighted by Crippen LogP contribution is -2.56. The highest BCUT2D eigenvalue weighted by Gasteiger charge is 2.46. The summed E-state index contributed by atoms with van der Waals surface area (Å²) >= 11 is 5.91. The minimum atomic E-state index is -1.02. The number of carbonyl (C=O) groups is 2. The quantitative estimate of drug-likeness (QED) is 0.697. The summed E-state index contributed by atoms with van der Waals surface area (Å²) in [5, 5.41) is 0.606. The summed E-state index contributed by atoms with van der Waals surface area (Å²) in [6.45, 7) is 5.47. The first kappa shape index (κ1) is 21.6. The van der Waals surface area contributed by atoms with Crippen molar-refractivity contribution in [1.29, 1.82) is 0 Å². The van der Waals surface area contributed by atoms with Crippen LogP contribution >= 0.6 is 11.6 Å². The van der Waals surface area contributed by atoms with E-state index in [1.165, 1.54) is 12.1 Å². The molecule has 2 amide bonds. The maximum absolute atomic E-state index is 13.1. The van der Waals surface area contributed by atoms with Gasteiger partial charge in [0.2, 0.25) is 5.91 Å². The number of carbonyl (C=O) groups excluding carboxylic acids is 2. The monoisotopic (exact) mass is 444 g/mol. The van der Waals surface area contributed by atoms with Crippen LogP contribution in [0, 0.1) is 11.7 Å². The smallest absolute Gasteiger partial charge is 0.266 e. The van der Waals surface area contributed by atoms with Crippen LogP contribution in [0.5, 0.6) is 5.75 Å². The molecular weight excluding hydrogens is 419 g/mol. The number of nitrogens with zero attached hydrogens (tertiary/aromatic N) is 2. The number of hydrogen-bond acceptors (Lipinski definition) is 3. The molecule has 0 aromatic heterocycles. The first-order valence-electron chi connectivity index (χ1n) is 10.5. The van der Waals surface area contributed by atoms with Gasteiger partial charge < -0.3 is 14.5 Å². The van der Waals surface area contributed by atoms with Crippen LogP contribution in [0.15, 0.2) is 48.5 Å². The fourth-order valence-electron chi connectivity index (χ4n) is 4.13.